The number of carbonyl (C=O) groups is 2. The summed E-state index contributed by atoms with van der Waals surface area (Å²) in [5.74, 6) is -0.333. The van der Waals surface area contributed by atoms with Gasteiger partial charge in [0.1, 0.15) is 0 Å². The zero-order valence-electron chi connectivity index (χ0n) is 12.5. The first kappa shape index (κ1) is 15.9. The minimum atomic E-state index is -0.185. The van der Waals surface area contributed by atoms with Crippen LogP contribution in [0.15, 0.2) is 18.5 Å². The molecule has 0 aromatic carbocycles. The van der Waals surface area contributed by atoms with Gasteiger partial charge in [-0.2, -0.15) is 5.10 Å². The molecule has 6 nitrogen and oxygen atoms in total. The number of amides is 2. The van der Waals surface area contributed by atoms with Gasteiger partial charge in [0.05, 0.1) is 12.7 Å². The summed E-state index contributed by atoms with van der Waals surface area (Å²) >= 11 is 0. The number of aryl methyl sites for hydroxylation is 1. The number of hydrogen-bond donors (Lipinski definition) is 1. The maximum atomic E-state index is 12.0. The highest BCUT2D eigenvalue weighted by Crippen LogP contribution is 2.01. The van der Waals surface area contributed by atoms with Crippen LogP contribution in [0.3, 0.4) is 0 Å². The number of nitrogens with one attached hydrogen (secondary N) is 1. The molecule has 0 bridgehead atoms. The summed E-state index contributed by atoms with van der Waals surface area (Å²) in [5.41, 5.74) is 0.850. The predicted octanol–water partition coefficient (Wildman–Crippen LogP) is 0.806. The molecule has 2 amide bonds. The highest BCUT2D eigenvalue weighted by atomic mass is 16.2. The van der Waals surface area contributed by atoms with Crippen molar-refractivity contribution in [3.05, 3.63) is 24.0 Å². The van der Waals surface area contributed by atoms with E-state index in [1.165, 1.54) is 11.0 Å². The third kappa shape index (κ3) is 5.26. The maximum Gasteiger partial charge on any atom is 0.247 e. The van der Waals surface area contributed by atoms with Crippen LogP contribution in [0.25, 0.3) is 6.08 Å². The predicted molar refractivity (Wildman–Crippen MR) is 77.8 cm³/mol. The van der Waals surface area contributed by atoms with Crippen molar-refractivity contribution in [3.63, 3.8) is 0 Å². The molecule has 20 heavy (non-hydrogen) atoms. The Bertz CT molecular complexity index is 491. The minimum Gasteiger partial charge on any atom is -0.352 e. The van der Waals surface area contributed by atoms with E-state index in [1.54, 1.807) is 17.0 Å². The van der Waals surface area contributed by atoms with Crippen LogP contribution in [0.2, 0.25) is 0 Å². The quantitative estimate of drug-likeness (QED) is 0.783. The largest absolute Gasteiger partial charge is 0.352 e. The fourth-order valence-corrected chi connectivity index (χ4v) is 1.69. The van der Waals surface area contributed by atoms with E-state index < -0.39 is 0 Å². The molecule has 6 heteroatoms. The normalized spacial score (nSPS) is 11.1. The molecule has 0 spiro atoms. The van der Waals surface area contributed by atoms with Crippen molar-refractivity contribution in [3.8, 4) is 0 Å². The lowest BCUT2D eigenvalue weighted by atomic mass is 10.3. The van der Waals surface area contributed by atoms with Crippen LogP contribution in [-0.2, 0) is 16.6 Å². The number of nitrogens with zero attached hydrogens (tertiary/aromatic N) is 3. The van der Waals surface area contributed by atoms with Gasteiger partial charge in [-0.15, -0.1) is 0 Å². The van der Waals surface area contributed by atoms with Crippen molar-refractivity contribution in [2.24, 2.45) is 7.05 Å². The van der Waals surface area contributed by atoms with Crippen LogP contribution in [0, 0.1) is 0 Å². The van der Waals surface area contributed by atoms with Crippen molar-refractivity contribution in [1.29, 1.82) is 0 Å². The lowest BCUT2D eigenvalue weighted by Gasteiger charge is -2.19. The van der Waals surface area contributed by atoms with Crippen LogP contribution in [0.1, 0.15) is 26.3 Å². The van der Waals surface area contributed by atoms with E-state index in [9.17, 15) is 9.59 Å². The second-order valence-electron chi connectivity index (χ2n) is 4.86. The third-order valence-corrected chi connectivity index (χ3v) is 2.62. The smallest absolute Gasteiger partial charge is 0.247 e. The molecule has 1 rings (SSSR count). The van der Waals surface area contributed by atoms with Crippen LogP contribution in [-0.4, -0.2) is 45.6 Å². The molecule has 0 atom stereocenters. The van der Waals surface area contributed by atoms with Gasteiger partial charge >= 0.3 is 0 Å². The Labute approximate surface area is 119 Å². The number of aromatic nitrogens is 2. The molecule has 1 aromatic rings. The second-order valence-corrected chi connectivity index (χ2v) is 4.86. The van der Waals surface area contributed by atoms with Gasteiger partial charge in [0.25, 0.3) is 0 Å². The SMILES string of the molecule is CCN(CC(=O)NC(C)C)C(=O)/C=C/c1cnn(C)c1. The summed E-state index contributed by atoms with van der Waals surface area (Å²) in [5, 5.41) is 6.79. The Kier molecular flexibility index (Phi) is 5.96. The molecule has 0 saturated heterocycles. The highest BCUT2D eigenvalue weighted by molar-refractivity contribution is 5.94. The van der Waals surface area contributed by atoms with E-state index in [4.69, 9.17) is 0 Å². The highest BCUT2D eigenvalue weighted by Gasteiger charge is 2.13. The fourth-order valence-electron chi connectivity index (χ4n) is 1.69. The van der Waals surface area contributed by atoms with E-state index in [1.807, 2.05) is 34.0 Å². The Balaban J connectivity index is 2.58. The van der Waals surface area contributed by atoms with Crippen molar-refractivity contribution < 1.29 is 9.59 Å². The van der Waals surface area contributed by atoms with Crippen LogP contribution >= 0.6 is 0 Å². The molecule has 110 valence electrons. The van der Waals surface area contributed by atoms with E-state index in [0.29, 0.717) is 6.54 Å². The zero-order chi connectivity index (χ0) is 15.1. The van der Waals surface area contributed by atoms with E-state index in [0.717, 1.165) is 5.56 Å². The first-order chi connectivity index (χ1) is 9.42. The van der Waals surface area contributed by atoms with Crippen LogP contribution < -0.4 is 5.32 Å². The molecule has 1 aromatic heterocycles. The topological polar surface area (TPSA) is 67.2 Å². The molecule has 1 N–H and O–H groups in total. The Morgan fingerprint density at radius 3 is 2.70 bits per heavy atom. The van der Waals surface area contributed by atoms with Gasteiger partial charge in [0.2, 0.25) is 11.8 Å². The lowest BCUT2D eigenvalue weighted by molar-refractivity contribution is -0.132. The van der Waals surface area contributed by atoms with Gasteiger partial charge in [-0.1, -0.05) is 0 Å². The van der Waals surface area contributed by atoms with Crippen molar-refractivity contribution in [1.82, 2.24) is 20.0 Å². The van der Waals surface area contributed by atoms with Gasteiger partial charge in [-0.05, 0) is 26.8 Å². The minimum absolute atomic E-state index is 0.0715. The fraction of sp³-hybridized carbons (Fsp3) is 0.500. The Morgan fingerprint density at radius 2 is 2.20 bits per heavy atom. The molecule has 0 fully saturated rings. The Morgan fingerprint density at radius 1 is 1.50 bits per heavy atom. The van der Waals surface area contributed by atoms with Gasteiger partial charge in [0.15, 0.2) is 0 Å². The molecule has 0 saturated carbocycles. The first-order valence-corrected chi connectivity index (χ1v) is 6.67. The average Bonchev–Trinajstić information content (AvgIpc) is 2.78. The number of carbonyl (C=O) groups excluding carboxylic acids is 2. The number of rotatable bonds is 6. The first-order valence-electron chi connectivity index (χ1n) is 6.67. The van der Waals surface area contributed by atoms with Gasteiger partial charge < -0.3 is 10.2 Å². The van der Waals surface area contributed by atoms with Crippen molar-refractivity contribution in [2.75, 3.05) is 13.1 Å². The van der Waals surface area contributed by atoms with Gasteiger partial charge in [-0.3, -0.25) is 14.3 Å². The molecule has 0 radical (unpaired) electrons. The summed E-state index contributed by atoms with van der Waals surface area (Å²) in [6.07, 6.45) is 6.64. The Hall–Kier alpha value is -2.11. The van der Waals surface area contributed by atoms with Gasteiger partial charge in [0, 0.05) is 37.5 Å². The summed E-state index contributed by atoms with van der Waals surface area (Å²) in [6, 6.07) is 0.0715. The lowest BCUT2D eigenvalue weighted by Crippen LogP contribution is -2.42. The monoisotopic (exact) mass is 278 g/mol. The van der Waals surface area contributed by atoms with Crippen LogP contribution in [0.5, 0.6) is 0 Å². The summed E-state index contributed by atoms with van der Waals surface area (Å²) in [6.45, 7) is 6.18. The van der Waals surface area contributed by atoms with Crippen LogP contribution in [0.4, 0.5) is 0 Å². The molecular formula is C14H22N4O2. The maximum absolute atomic E-state index is 12.0. The average molecular weight is 278 g/mol. The summed E-state index contributed by atoms with van der Waals surface area (Å²) < 4.78 is 1.66. The van der Waals surface area contributed by atoms with Gasteiger partial charge in [-0.25, -0.2) is 0 Å². The van der Waals surface area contributed by atoms with Crippen molar-refractivity contribution in [2.45, 2.75) is 26.8 Å². The molecular weight excluding hydrogens is 256 g/mol. The van der Waals surface area contributed by atoms with E-state index in [-0.39, 0.29) is 24.4 Å². The summed E-state index contributed by atoms with van der Waals surface area (Å²) in [4.78, 5) is 25.2. The number of hydrogen-bond acceptors (Lipinski definition) is 3. The van der Waals surface area contributed by atoms with Crippen molar-refractivity contribution >= 4 is 17.9 Å². The zero-order valence-corrected chi connectivity index (χ0v) is 12.5. The van der Waals surface area contributed by atoms with E-state index >= 15 is 0 Å². The number of likely N-dealkylation sites (N-methyl/N-ethyl adjacent to an activating group) is 1. The third-order valence-electron chi connectivity index (χ3n) is 2.62. The molecule has 0 unspecified atom stereocenters. The standard InChI is InChI=1S/C14H22N4O2/c1-5-18(10-13(19)16-11(2)3)14(20)7-6-12-8-15-17(4)9-12/h6-9,11H,5,10H2,1-4H3,(H,16,19)/b7-6+. The second kappa shape index (κ2) is 7.47. The van der Waals surface area contributed by atoms with E-state index in [2.05, 4.69) is 10.4 Å². The molecule has 0 aliphatic carbocycles. The summed E-state index contributed by atoms with van der Waals surface area (Å²) in [7, 11) is 1.81. The molecule has 0 aliphatic rings. The molecule has 1 heterocycles. The molecule has 0 aliphatic heterocycles.